The van der Waals surface area contributed by atoms with E-state index >= 15 is 0 Å². The number of nitrogens with zero attached hydrogens (tertiary/aromatic N) is 4. The Bertz CT molecular complexity index is 1160. The molecule has 0 aliphatic carbocycles. The third-order valence-corrected chi connectivity index (χ3v) is 8.20. The highest BCUT2D eigenvalue weighted by Gasteiger charge is 2.52. The summed E-state index contributed by atoms with van der Waals surface area (Å²) in [7, 11) is 5.14. The number of carbonyl (C=O) groups excluding carboxylic acids is 2. The van der Waals surface area contributed by atoms with Crippen molar-refractivity contribution in [3.05, 3.63) is 46.2 Å². The summed E-state index contributed by atoms with van der Waals surface area (Å²) in [6.45, 7) is 3.23. The molecule has 1 unspecified atom stereocenters. The highest BCUT2D eigenvalue weighted by atomic mass is 32.1. The summed E-state index contributed by atoms with van der Waals surface area (Å²) < 4.78 is 0. The fourth-order valence-electron chi connectivity index (χ4n) is 5.10. The number of likely N-dealkylation sites (tertiary alicyclic amines) is 1. The van der Waals surface area contributed by atoms with Gasteiger partial charge in [0.1, 0.15) is 0 Å². The highest BCUT2D eigenvalue weighted by Crippen LogP contribution is 2.45. The molecule has 2 aliphatic heterocycles. The Kier molecular flexibility index (Phi) is 6.36. The summed E-state index contributed by atoms with van der Waals surface area (Å²) in [5, 5.41) is 23.0. The van der Waals surface area contributed by atoms with Crippen molar-refractivity contribution >= 4 is 29.2 Å². The number of thiophene rings is 1. The molecule has 2 fully saturated rings. The second-order valence-electron chi connectivity index (χ2n) is 9.44. The molecule has 2 atom stereocenters. The lowest BCUT2D eigenvalue weighted by atomic mass is 9.70. The monoisotopic (exact) mass is 478 g/mol. The molecule has 2 saturated heterocycles. The maximum absolute atomic E-state index is 13.5. The van der Waals surface area contributed by atoms with Gasteiger partial charge < -0.3 is 15.1 Å². The van der Waals surface area contributed by atoms with Crippen LogP contribution in [0.3, 0.4) is 0 Å². The minimum atomic E-state index is -0.741. The Morgan fingerprint density at radius 3 is 2.62 bits per heavy atom. The fraction of sp³-hybridized carbons (Fsp3) is 0.440. The molecule has 8 nitrogen and oxygen atoms in total. The number of nitriles is 1. The number of urea groups is 1. The smallest absolute Gasteiger partial charge is 0.319 e. The SMILES string of the molecule is CN(C)C(=O)N1CCC(C2C(=O)N(C)C(=N)N[C@@]2(C)c2cc(-c3cccc(C#N)c3)cs2)CC1. The zero-order chi connectivity index (χ0) is 24.6. The molecule has 4 rings (SSSR count). The van der Waals surface area contributed by atoms with E-state index in [9.17, 15) is 14.9 Å². The molecule has 2 aliphatic rings. The normalized spacial score (nSPS) is 23.4. The van der Waals surface area contributed by atoms with Crippen LogP contribution in [0.5, 0.6) is 0 Å². The topological polar surface area (TPSA) is 104 Å². The van der Waals surface area contributed by atoms with E-state index in [2.05, 4.69) is 17.5 Å². The summed E-state index contributed by atoms with van der Waals surface area (Å²) >= 11 is 1.56. The molecule has 9 heteroatoms. The zero-order valence-electron chi connectivity index (χ0n) is 20.0. The van der Waals surface area contributed by atoms with Gasteiger partial charge >= 0.3 is 6.03 Å². The van der Waals surface area contributed by atoms with E-state index in [0.29, 0.717) is 18.7 Å². The quantitative estimate of drug-likeness (QED) is 0.705. The molecular formula is C25H30N6O2S. The van der Waals surface area contributed by atoms with Gasteiger partial charge in [-0.1, -0.05) is 12.1 Å². The number of rotatable bonds is 3. The van der Waals surface area contributed by atoms with Crippen LogP contribution in [0.15, 0.2) is 35.7 Å². The first-order valence-corrected chi connectivity index (χ1v) is 12.2. The van der Waals surface area contributed by atoms with Gasteiger partial charge in [-0.15, -0.1) is 11.3 Å². The van der Waals surface area contributed by atoms with E-state index in [1.165, 1.54) is 4.90 Å². The summed E-state index contributed by atoms with van der Waals surface area (Å²) in [4.78, 5) is 31.7. The first-order valence-electron chi connectivity index (χ1n) is 11.4. The van der Waals surface area contributed by atoms with E-state index in [-0.39, 0.29) is 29.7 Å². The van der Waals surface area contributed by atoms with E-state index in [0.717, 1.165) is 28.8 Å². The molecular weight excluding hydrogens is 448 g/mol. The molecule has 2 aromatic rings. The average molecular weight is 479 g/mol. The Balaban J connectivity index is 1.65. The maximum atomic E-state index is 13.5. The molecule has 0 saturated carbocycles. The van der Waals surface area contributed by atoms with Crippen LogP contribution in [0.1, 0.15) is 30.2 Å². The largest absolute Gasteiger partial charge is 0.345 e. The Hall–Kier alpha value is -3.38. The minimum Gasteiger partial charge on any atom is -0.345 e. The lowest BCUT2D eigenvalue weighted by Gasteiger charge is -2.49. The van der Waals surface area contributed by atoms with Crippen molar-refractivity contribution in [1.29, 1.82) is 10.7 Å². The predicted molar refractivity (Wildman–Crippen MR) is 132 cm³/mol. The van der Waals surface area contributed by atoms with Crippen molar-refractivity contribution in [2.75, 3.05) is 34.2 Å². The van der Waals surface area contributed by atoms with Crippen molar-refractivity contribution in [2.45, 2.75) is 25.3 Å². The second kappa shape index (κ2) is 9.11. The minimum absolute atomic E-state index is 0.00398. The van der Waals surface area contributed by atoms with Gasteiger partial charge in [0, 0.05) is 39.1 Å². The van der Waals surface area contributed by atoms with Gasteiger partial charge in [-0.2, -0.15) is 5.26 Å². The first-order chi connectivity index (χ1) is 16.2. The molecule has 1 aromatic carbocycles. The molecule has 3 heterocycles. The predicted octanol–water partition coefficient (Wildman–Crippen LogP) is 3.51. The summed E-state index contributed by atoms with van der Waals surface area (Å²) in [5.74, 6) is -0.255. The van der Waals surface area contributed by atoms with E-state index in [1.54, 1.807) is 43.4 Å². The number of guanidine groups is 1. The van der Waals surface area contributed by atoms with Gasteiger partial charge in [-0.3, -0.25) is 15.1 Å². The molecule has 3 amide bonds. The van der Waals surface area contributed by atoms with Crippen LogP contribution >= 0.6 is 11.3 Å². The van der Waals surface area contributed by atoms with E-state index in [1.807, 2.05) is 35.4 Å². The van der Waals surface area contributed by atoms with Crippen LogP contribution in [0.4, 0.5) is 4.79 Å². The number of hydrogen-bond acceptors (Lipinski definition) is 5. The number of amides is 3. The lowest BCUT2D eigenvalue weighted by molar-refractivity contribution is -0.139. The van der Waals surface area contributed by atoms with E-state index < -0.39 is 5.54 Å². The van der Waals surface area contributed by atoms with Gasteiger partial charge in [0.2, 0.25) is 5.91 Å². The fourth-order valence-corrected chi connectivity index (χ4v) is 6.17. The van der Waals surface area contributed by atoms with Crippen molar-refractivity contribution in [3.8, 4) is 17.2 Å². The van der Waals surface area contributed by atoms with Crippen LogP contribution in [0.2, 0.25) is 0 Å². The van der Waals surface area contributed by atoms with Gasteiger partial charge in [0.05, 0.1) is 23.1 Å². The number of piperidine rings is 1. The van der Waals surface area contributed by atoms with Crippen molar-refractivity contribution < 1.29 is 9.59 Å². The van der Waals surface area contributed by atoms with Gasteiger partial charge in [0.15, 0.2) is 5.96 Å². The van der Waals surface area contributed by atoms with Gasteiger partial charge in [-0.05, 0) is 60.4 Å². The summed E-state index contributed by atoms with van der Waals surface area (Å²) in [5.41, 5.74) is 1.80. The lowest BCUT2D eigenvalue weighted by Crippen LogP contribution is -2.65. The molecule has 0 radical (unpaired) electrons. The Labute approximate surface area is 204 Å². The average Bonchev–Trinajstić information content (AvgIpc) is 3.34. The van der Waals surface area contributed by atoms with Gasteiger partial charge in [-0.25, -0.2) is 4.79 Å². The third-order valence-electron chi connectivity index (χ3n) is 7.03. The van der Waals surface area contributed by atoms with Crippen molar-refractivity contribution in [2.24, 2.45) is 11.8 Å². The molecule has 0 bridgehead atoms. The number of nitrogens with one attached hydrogen (secondary N) is 2. The second-order valence-corrected chi connectivity index (χ2v) is 10.4. The maximum Gasteiger partial charge on any atom is 0.319 e. The molecule has 2 N–H and O–H groups in total. The van der Waals surface area contributed by atoms with Crippen molar-refractivity contribution in [1.82, 2.24) is 20.0 Å². The van der Waals surface area contributed by atoms with Crippen LogP contribution in [-0.2, 0) is 10.3 Å². The van der Waals surface area contributed by atoms with Crippen LogP contribution in [-0.4, -0.2) is 66.8 Å². The van der Waals surface area contributed by atoms with Crippen LogP contribution in [0, 0.1) is 28.6 Å². The molecule has 1 aromatic heterocycles. The van der Waals surface area contributed by atoms with Gasteiger partial charge in [0.25, 0.3) is 0 Å². The molecule has 0 spiro atoms. The van der Waals surface area contributed by atoms with Crippen molar-refractivity contribution in [3.63, 3.8) is 0 Å². The molecule has 34 heavy (non-hydrogen) atoms. The van der Waals surface area contributed by atoms with Crippen LogP contribution in [0.25, 0.3) is 11.1 Å². The standard InChI is InChI=1S/C25H30N6O2S/c1-25(20-13-19(15-34-20)18-7-5-6-16(12-18)14-26)21(22(32)30(4)23(27)28-25)17-8-10-31(11-9-17)24(33)29(2)3/h5-7,12-13,15,17,21H,8-11H2,1-4H3,(H2,27,28)/t21?,25-/m0/s1. The Morgan fingerprint density at radius 1 is 1.26 bits per heavy atom. The third kappa shape index (κ3) is 4.14. The Morgan fingerprint density at radius 2 is 1.97 bits per heavy atom. The number of carbonyl (C=O) groups is 2. The van der Waals surface area contributed by atoms with E-state index in [4.69, 9.17) is 5.41 Å². The van der Waals surface area contributed by atoms with Crippen LogP contribution < -0.4 is 5.32 Å². The summed E-state index contributed by atoms with van der Waals surface area (Å²) in [6.07, 6.45) is 1.47. The highest BCUT2D eigenvalue weighted by molar-refractivity contribution is 7.10. The zero-order valence-corrected chi connectivity index (χ0v) is 20.8. The first kappa shape index (κ1) is 23.8. The number of benzene rings is 1. The number of hydrogen-bond donors (Lipinski definition) is 2. The molecule has 178 valence electrons. The summed E-state index contributed by atoms with van der Waals surface area (Å²) in [6, 6.07) is 11.7.